The summed E-state index contributed by atoms with van der Waals surface area (Å²) >= 11 is 0. The van der Waals surface area contributed by atoms with Gasteiger partial charge in [-0.2, -0.15) is 0 Å². The first kappa shape index (κ1) is 16.8. The van der Waals surface area contributed by atoms with Crippen molar-refractivity contribution in [2.24, 2.45) is 10.8 Å². The van der Waals surface area contributed by atoms with E-state index in [-0.39, 0.29) is 13.2 Å². The van der Waals surface area contributed by atoms with Gasteiger partial charge in [0.1, 0.15) is 6.61 Å². The summed E-state index contributed by atoms with van der Waals surface area (Å²) in [6, 6.07) is 9.44. The van der Waals surface area contributed by atoms with Crippen molar-refractivity contribution in [1.82, 2.24) is 4.90 Å². The van der Waals surface area contributed by atoms with Gasteiger partial charge >= 0.3 is 12.1 Å². The minimum Gasteiger partial charge on any atom is -0.481 e. The zero-order valence-electron chi connectivity index (χ0n) is 13.9. The molecular weight excluding hydrogens is 310 g/mol. The normalized spacial score (nSPS) is 29.1. The zero-order valence-corrected chi connectivity index (χ0v) is 13.9. The molecule has 6 heteroatoms. The van der Waals surface area contributed by atoms with Gasteiger partial charge in [-0.1, -0.05) is 37.3 Å². The Morgan fingerprint density at radius 2 is 2.04 bits per heavy atom. The summed E-state index contributed by atoms with van der Waals surface area (Å²) in [4.78, 5) is 26.0. The van der Waals surface area contributed by atoms with E-state index in [1.807, 2.05) is 37.3 Å². The third kappa shape index (κ3) is 2.65. The van der Waals surface area contributed by atoms with Crippen molar-refractivity contribution in [3.8, 4) is 0 Å². The fourth-order valence-electron chi connectivity index (χ4n) is 4.05. The van der Waals surface area contributed by atoms with E-state index in [0.717, 1.165) is 5.56 Å². The molecule has 2 fully saturated rings. The molecule has 24 heavy (non-hydrogen) atoms. The van der Waals surface area contributed by atoms with Gasteiger partial charge in [0, 0.05) is 25.1 Å². The van der Waals surface area contributed by atoms with Crippen LogP contribution in [-0.2, 0) is 20.9 Å². The fourth-order valence-corrected chi connectivity index (χ4v) is 4.05. The Morgan fingerprint density at radius 3 is 2.62 bits per heavy atom. The van der Waals surface area contributed by atoms with E-state index in [9.17, 15) is 14.7 Å². The standard InChI is InChI=1S/C18H23NO5/c1-2-18(15(20)21)12-19(11-17(18)8-9-23-13-17)16(22)24-10-14-6-4-3-5-7-14/h3-7H,2,8-13H2,1H3,(H,20,21). The van der Waals surface area contributed by atoms with Gasteiger partial charge < -0.3 is 19.5 Å². The number of carboxylic acids is 1. The molecule has 0 bridgehead atoms. The molecule has 1 spiro atoms. The smallest absolute Gasteiger partial charge is 0.410 e. The summed E-state index contributed by atoms with van der Waals surface area (Å²) < 4.78 is 10.9. The monoisotopic (exact) mass is 333 g/mol. The quantitative estimate of drug-likeness (QED) is 0.916. The molecule has 0 radical (unpaired) electrons. The van der Waals surface area contributed by atoms with Gasteiger partial charge in [-0.05, 0) is 18.4 Å². The number of carboxylic acid groups (broad SMARTS) is 1. The molecule has 1 amide bonds. The Kier molecular flexibility index (Phi) is 4.49. The number of rotatable bonds is 4. The van der Waals surface area contributed by atoms with Crippen molar-refractivity contribution in [2.75, 3.05) is 26.3 Å². The molecule has 2 atom stereocenters. The zero-order chi connectivity index (χ0) is 17.2. The molecule has 0 aliphatic carbocycles. The van der Waals surface area contributed by atoms with Crippen LogP contribution in [0, 0.1) is 10.8 Å². The minimum atomic E-state index is -0.963. The van der Waals surface area contributed by atoms with Gasteiger partial charge in [0.05, 0.1) is 12.0 Å². The van der Waals surface area contributed by atoms with E-state index < -0.39 is 22.9 Å². The highest BCUT2D eigenvalue weighted by Gasteiger charge is 2.63. The third-order valence-electron chi connectivity index (χ3n) is 5.55. The molecule has 0 aromatic heterocycles. The van der Waals surface area contributed by atoms with Crippen LogP contribution in [0.3, 0.4) is 0 Å². The molecule has 3 rings (SSSR count). The summed E-state index contributed by atoms with van der Waals surface area (Å²) in [6.45, 7) is 3.53. The van der Waals surface area contributed by atoms with E-state index in [4.69, 9.17) is 9.47 Å². The molecule has 0 saturated carbocycles. The van der Waals surface area contributed by atoms with Crippen molar-refractivity contribution in [3.63, 3.8) is 0 Å². The lowest BCUT2D eigenvalue weighted by Gasteiger charge is -2.36. The van der Waals surface area contributed by atoms with Gasteiger partial charge in [0.25, 0.3) is 0 Å². The van der Waals surface area contributed by atoms with Crippen LogP contribution in [0.25, 0.3) is 0 Å². The highest BCUT2D eigenvalue weighted by atomic mass is 16.6. The van der Waals surface area contributed by atoms with E-state index in [2.05, 4.69) is 0 Å². The largest absolute Gasteiger partial charge is 0.481 e. The van der Waals surface area contributed by atoms with Crippen LogP contribution < -0.4 is 0 Å². The summed E-state index contributed by atoms with van der Waals surface area (Å²) in [6.07, 6.45) is 0.672. The summed E-state index contributed by atoms with van der Waals surface area (Å²) in [5.41, 5.74) is -0.571. The number of carbonyl (C=O) groups is 2. The van der Waals surface area contributed by atoms with E-state index >= 15 is 0 Å². The molecule has 2 unspecified atom stereocenters. The number of amides is 1. The number of hydrogen-bond acceptors (Lipinski definition) is 4. The molecule has 2 heterocycles. The molecule has 2 saturated heterocycles. The number of nitrogens with zero attached hydrogens (tertiary/aromatic N) is 1. The Bertz CT molecular complexity index is 611. The van der Waals surface area contributed by atoms with Crippen LogP contribution >= 0.6 is 0 Å². The number of benzene rings is 1. The Morgan fingerprint density at radius 1 is 1.29 bits per heavy atom. The van der Waals surface area contributed by atoms with Crippen LogP contribution in [-0.4, -0.2) is 48.4 Å². The molecule has 1 aromatic carbocycles. The van der Waals surface area contributed by atoms with Crippen LogP contribution in [0.2, 0.25) is 0 Å². The topological polar surface area (TPSA) is 76.1 Å². The van der Waals surface area contributed by atoms with Crippen molar-refractivity contribution < 1.29 is 24.2 Å². The average molecular weight is 333 g/mol. The summed E-state index contributed by atoms with van der Waals surface area (Å²) in [7, 11) is 0. The number of aliphatic carboxylic acids is 1. The van der Waals surface area contributed by atoms with Gasteiger partial charge in [-0.25, -0.2) is 4.79 Å². The van der Waals surface area contributed by atoms with Crippen LogP contribution in [0.15, 0.2) is 30.3 Å². The van der Waals surface area contributed by atoms with E-state index in [0.29, 0.717) is 32.6 Å². The van der Waals surface area contributed by atoms with Crippen LogP contribution in [0.4, 0.5) is 4.79 Å². The average Bonchev–Trinajstić information content (AvgIpc) is 3.20. The highest BCUT2D eigenvalue weighted by molar-refractivity contribution is 5.79. The van der Waals surface area contributed by atoms with Gasteiger partial charge in [0.2, 0.25) is 0 Å². The maximum absolute atomic E-state index is 12.5. The lowest BCUT2D eigenvalue weighted by atomic mass is 9.63. The molecule has 130 valence electrons. The third-order valence-corrected chi connectivity index (χ3v) is 5.55. The molecule has 6 nitrogen and oxygen atoms in total. The molecular formula is C18H23NO5. The first-order valence-corrected chi connectivity index (χ1v) is 8.30. The fraction of sp³-hybridized carbons (Fsp3) is 0.556. The molecule has 2 aliphatic rings. The number of ether oxygens (including phenoxy) is 2. The van der Waals surface area contributed by atoms with Gasteiger partial charge in [0.15, 0.2) is 0 Å². The molecule has 1 aromatic rings. The second-order valence-electron chi connectivity index (χ2n) is 6.72. The van der Waals surface area contributed by atoms with Crippen molar-refractivity contribution in [2.45, 2.75) is 26.4 Å². The summed E-state index contributed by atoms with van der Waals surface area (Å²) in [5.74, 6) is -0.853. The highest BCUT2D eigenvalue weighted by Crippen LogP contribution is 2.53. The summed E-state index contributed by atoms with van der Waals surface area (Å²) in [5, 5.41) is 9.86. The Hall–Kier alpha value is -2.08. The molecule has 2 aliphatic heterocycles. The molecule has 1 N–H and O–H groups in total. The lowest BCUT2D eigenvalue weighted by molar-refractivity contribution is -0.155. The first-order chi connectivity index (χ1) is 11.5. The number of hydrogen-bond donors (Lipinski definition) is 1. The van der Waals surface area contributed by atoms with E-state index in [1.54, 1.807) is 0 Å². The second-order valence-corrected chi connectivity index (χ2v) is 6.72. The minimum absolute atomic E-state index is 0.176. The Labute approximate surface area is 141 Å². The predicted octanol–water partition coefficient (Wildman–Crippen LogP) is 2.53. The van der Waals surface area contributed by atoms with Gasteiger partial charge in [-0.3, -0.25) is 4.79 Å². The maximum Gasteiger partial charge on any atom is 0.410 e. The number of carbonyl (C=O) groups excluding carboxylic acids is 1. The second kappa shape index (κ2) is 6.43. The first-order valence-electron chi connectivity index (χ1n) is 8.30. The van der Waals surface area contributed by atoms with Crippen molar-refractivity contribution >= 4 is 12.1 Å². The lowest BCUT2D eigenvalue weighted by Crippen LogP contribution is -2.47. The predicted molar refractivity (Wildman–Crippen MR) is 86.4 cm³/mol. The number of likely N-dealkylation sites (tertiary alicyclic amines) is 1. The van der Waals surface area contributed by atoms with Crippen molar-refractivity contribution in [1.29, 1.82) is 0 Å². The maximum atomic E-state index is 12.5. The Balaban J connectivity index is 1.73. The van der Waals surface area contributed by atoms with Crippen molar-refractivity contribution in [3.05, 3.63) is 35.9 Å². The van der Waals surface area contributed by atoms with E-state index in [1.165, 1.54) is 4.90 Å². The van der Waals surface area contributed by atoms with Gasteiger partial charge in [-0.15, -0.1) is 0 Å². The SMILES string of the molecule is CCC1(C(=O)O)CN(C(=O)OCc2ccccc2)CC12CCOC2. The van der Waals surface area contributed by atoms with Crippen LogP contribution in [0.5, 0.6) is 0 Å². The van der Waals surface area contributed by atoms with Crippen LogP contribution in [0.1, 0.15) is 25.3 Å².